The zero-order chi connectivity index (χ0) is 15.9. The Morgan fingerprint density at radius 3 is 2.52 bits per heavy atom. The molecule has 0 bridgehead atoms. The summed E-state index contributed by atoms with van der Waals surface area (Å²) in [5, 5.41) is 11.5. The predicted molar refractivity (Wildman–Crippen MR) is 79.1 cm³/mol. The first-order chi connectivity index (χ1) is 9.85. The first-order valence-corrected chi connectivity index (χ1v) is 8.46. The maximum atomic E-state index is 11.6. The summed E-state index contributed by atoms with van der Waals surface area (Å²) < 4.78 is 22.5. The van der Waals surface area contributed by atoms with Crippen LogP contribution in [0, 0.1) is 0 Å². The number of benzene rings is 1. The van der Waals surface area contributed by atoms with Gasteiger partial charge in [0, 0.05) is 18.7 Å². The summed E-state index contributed by atoms with van der Waals surface area (Å²) in [7, 11) is -3.09. The predicted octanol–water partition coefficient (Wildman–Crippen LogP) is 0.868. The van der Waals surface area contributed by atoms with Gasteiger partial charge in [0.25, 0.3) is 0 Å². The van der Waals surface area contributed by atoms with Gasteiger partial charge in [-0.1, -0.05) is 25.1 Å². The third-order valence-corrected chi connectivity index (χ3v) is 4.75. The maximum absolute atomic E-state index is 11.6. The summed E-state index contributed by atoms with van der Waals surface area (Å²) in [6.07, 6.45) is 0.422. The minimum atomic E-state index is -3.09. The topological polar surface area (TPSA) is 101 Å². The number of carboxylic acids is 1. The lowest BCUT2D eigenvalue weighted by atomic mass is 10.0. The van der Waals surface area contributed by atoms with E-state index < -0.39 is 15.8 Å². The lowest BCUT2D eigenvalue weighted by Gasteiger charge is -2.07. The van der Waals surface area contributed by atoms with Crippen LogP contribution >= 0.6 is 0 Å². The van der Waals surface area contributed by atoms with Crippen LogP contribution < -0.4 is 5.32 Å². The highest BCUT2D eigenvalue weighted by molar-refractivity contribution is 7.91. The zero-order valence-electron chi connectivity index (χ0n) is 11.8. The van der Waals surface area contributed by atoms with E-state index in [2.05, 4.69) is 5.32 Å². The fourth-order valence-corrected chi connectivity index (χ4v) is 2.48. The molecular formula is C14H19NO5S. The number of carboxylic acid groups (broad SMARTS) is 1. The average Bonchev–Trinajstić information content (AvgIpc) is 2.45. The maximum Gasteiger partial charge on any atom is 0.335 e. The summed E-state index contributed by atoms with van der Waals surface area (Å²) in [5.74, 6) is -1.35. The molecule has 0 heterocycles. The van der Waals surface area contributed by atoms with Crippen LogP contribution in [-0.4, -0.2) is 43.5 Å². The zero-order valence-corrected chi connectivity index (χ0v) is 12.6. The molecule has 0 saturated heterocycles. The van der Waals surface area contributed by atoms with Crippen molar-refractivity contribution < 1.29 is 23.1 Å². The third kappa shape index (κ3) is 5.95. The molecule has 0 aromatic heterocycles. The quantitative estimate of drug-likeness (QED) is 0.741. The van der Waals surface area contributed by atoms with Gasteiger partial charge in [0.15, 0.2) is 9.84 Å². The number of rotatable bonds is 8. The summed E-state index contributed by atoms with van der Waals surface area (Å²) in [6.45, 7) is 1.63. The van der Waals surface area contributed by atoms with E-state index in [0.29, 0.717) is 12.0 Å². The molecule has 6 nitrogen and oxygen atoms in total. The average molecular weight is 313 g/mol. The normalized spacial score (nSPS) is 11.1. The first-order valence-electron chi connectivity index (χ1n) is 6.64. The molecule has 2 N–H and O–H groups in total. The van der Waals surface area contributed by atoms with Crippen molar-refractivity contribution >= 4 is 21.7 Å². The Morgan fingerprint density at radius 1 is 1.24 bits per heavy atom. The molecule has 21 heavy (non-hydrogen) atoms. The van der Waals surface area contributed by atoms with E-state index in [0.717, 1.165) is 0 Å². The van der Waals surface area contributed by atoms with E-state index in [-0.39, 0.29) is 35.9 Å². The van der Waals surface area contributed by atoms with Crippen molar-refractivity contribution in [3.63, 3.8) is 0 Å². The van der Waals surface area contributed by atoms with Gasteiger partial charge in [-0.25, -0.2) is 13.2 Å². The van der Waals surface area contributed by atoms with Crippen LogP contribution in [0.3, 0.4) is 0 Å². The second-order valence-corrected chi connectivity index (χ2v) is 7.02. The second kappa shape index (κ2) is 7.78. The van der Waals surface area contributed by atoms with Crippen LogP contribution in [0.2, 0.25) is 0 Å². The molecule has 0 radical (unpaired) electrons. The van der Waals surface area contributed by atoms with E-state index >= 15 is 0 Å². The Labute approximate surface area is 124 Å². The molecule has 0 fully saturated rings. The molecule has 0 saturated carbocycles. The molecule has 0 aliphatic rings. The van der Waals surface area contributed by atoms with Crippen LogP contribution in [0.4, 0.5) is 0 Å². The van der Waals surface area contributed by atoms with Gasteiger partial charge >= 0.3 is 5.97 Å². The number of sulfone groups is 1. The standard InChI is InChI=1S/C14H19NO5S/c1-2-21(19,20)10-9-15-13(16)8-7-11-5-3-4-6-12(11)14(17)18/h3-6H,2,7-10H2,1H3,(H,15,16)(H,17,18). The lowest BCUT2D eigenvalue weighted by molar-refractivity contribution is -0.120. The smallest absolute Gasteiger partial charge is 0.335 e. The number of aryl methyl sites for hydroxylation is 1. The number of nitrogens with one attached hydrogen (secondary N) is 1. The Balaban J connectivity index is 2.46. The molecule has 0 aliphatic heterocycles. The molecule has 1 rings (SSSR count). The van der Waals surface area contributed by atoms with Crippen LogP contribution in [0.15, 0.2) is 24.3 Å². The van der Waals surface area contributed by atoms with Crippen molar-refractivity contribution in [2.45, 2.75) is 19.8 Å². The van der Waals surface area contributed by atoms with E-state index in [4.69, 9.17) is 5.11 Å². The van der Waals surface area contributed by atoms with Gasteiger partial charge in [0.2, 0.25) is 5.91 Å². The molecule has 1 aromatic carbocycles. The van der Waals surface area contributed by atoms with E-state index in [1.165, 1.54) is 6.07 Å². The summed E-state index contributed by atoms with van der Waals surface area (Å²) >= 11 is 0. The van der Waals surface area contributed by atoms with Crippen molar-refractivity contribution in [2.24, 2.45) is 0 Å². The largest absolute Gasteiger partial charge is 0.478 e. The highest BCUT2D eigenvalue weighted by atomic mass is 32.2. The van der Waals surface area contributed by atoms with Crippen LogP contribution in [0.25, 0.3) is 0 Å². The van der Waals surface area contributed by atoms with Crippen molar-refractivity contribution in [3.8, 4) is 0 Å². The van der Waals surface area contributed by atoms with Crippen molar-refractivity contribution in [2.75, 3.05) is 18.1 Å². The molecule has 0 atom stereocenters. The summed E-state index contributed by atoms with van der Waals surface area (Å²) in [6, 6.07) is 6.50. The highest BCUT2D eigenvalue weighted by Crippen LogP contribution is 2.11. The van der Waals surface area contributed by atoms with E-state index in [9.17, 15) is 18.0 Å². The molecule has 1 amide bonds. The number of hydrogen-bond acceptors (Lipinski definition) is 4. The molecule has 0 unspecified atom stereocenters. The van der Waals surface area contributed by atoms with E-state index in [1.807, 2.05) is 0 Å². The fraction of sp³-hybridized carbons (Fsp3) is 0.429. The summed E-state index contributed by atoms with van der Waals surface area (Å²) in [5.41, 5.74) is 0.764. The van der Waals surface area contributed by atoms with Gasteiger partial charge in [0.05, 0.1) is 11.3 Å². The third-order valence-electron chi connectivity index (χ3n) is 3.04. The van der Waals surface area contributed by atoms with E-state index in [1.54, 1.807) is 25.1 Å². The van der Waals surface area contributed by atoms with Gasteiger partial charge in [-0.15, -0.1) is 0 Å². The minimum Gasteiger partial charge on any atom is -0.478 e. The number of aromatic carboxylic acids is 1. The van der Waals surface area contributed by atoms with Gasteiger partial charge in [0.1, 0.15) is 0 Å². The second-order valence-electron chi connectivity index (χ2n) is 4.55. The van der Waals surface area contributed by atoms with Gasteiger partial charge in [-0.05, 0) is 18.1 Å². The molecule has 116 valence electrons. The molecular weight excluding hydrogens is 294 g/mol. The van der Waals surface area contributed by atoms with Crippen LogP contribution in [-0.2, 0) is 21.1 Å². The number of hydrogen-bond donors (Lipinski definition) is 2. The monoisotopic (exact) mass is 313 g/mol. The molecule has 7 heteroatoms. The molecule has 0 aliphatic carbocycles. The Morgan fingerprint density at radius 2 is 1.90 bits per heavy atom. The van der Waals surface area contributed by atoms with Crippen molar-refractivity contribution in [1.29, 1.82) is 0 Å². The van der Waals surface area contributed by atoms with Crippen LogP contribution in [0.1, 0.15) is 29.3 Å². The number of amides is 1. The molecule has 1 aromatic rings. The Bertz CT molecular complexity index is 610. The van der Waals surface area contributed by atoms with Gasteiger partial charge in [-0.3, -0.25) is 4.79 Å². The minimum absolute atomic E-state index is 0.0505. The Kier molecular flexibility index (Phi) is 6.36. The van der Waals surface area contributed by atoms with Gasteiger partial charge < -0.3 is 10.4 Å². The first kappa shape index (κ1) is 17.2. The Hall–Kier alpha value is -1.89. The number of carbonyl (C=O) groups excluding carboxylic acids is 1. The fourth-order valence-electron chi connectivity index (χ4n) is 1.77. The number of carbonyl (C=O) groups is 2. The molecule has 0 spiro atoms. The SMILES string of the molecule is CCS(=O)(=O)CCNC(=O)CCc1ccccc1C(=O)O. The van der Waals surface area contributed by atoms with Crippen molar-refractivity contribution in [1.82, 2.24) is 5.32 Å². The lowest BCUT2D eigenvalue weighted by Crippen LogP contribution is -2.29. The van der Waals surface area contributed by atoms with Crippen molar-refractivity contribution in [3.05, 3.63) is 35.4 Å². The highest BCUT2D eigenvalue weighted by Gasteiger charge is 2.11. The van der Waals surface area contributed by atoms with Crippen LogP contribution in [0.5, 0.6) is 0 Å². The summed E-state index contributed by atoms with van der Waals surface area (Å²) in [4.78, 5) is 22.6. The van der Waals surface area contributed by atoms with Gasteiger partial charge in [-0.2, -0.15) is 0 Å².